The van der Waals surface area contributed by atoms with Crippen molar-refractivity contribution in [2.75, 3.05) is 6.61 Å². The average molecular weight is 240 g/mol. The number of benzene rings is 1. The quantitative estimate of drug-likeness (QED) is 0.876. The van der Waals surface area contributed by atoms with Crippen LogP contribution in [0.3, 0.4) is 0 Å². The molecular weight excluding hydrogens is 224 g/mol. The van der Waals surface area contributed by atoms with E-state index in [0.29, 0.717) is 0 Å². The Balaban J connectivity index is 2.06. The number of aromatic nitrogens is 1. The van der Waals surface area contributed by atoms with E-state index in [2.05, 4.69) is 23.2 Å². The first-order chi connectivity index (χ1) is 8.77. The fourth-order valence-corrected chi connectivity index (χ4v) is 2.49. The van der Waals surface area contributed by atoms with Gasteiger partial charge in [-0.05, 0) is 29.7 Å². The van der Waals surface area contributed by atoms with Gasteiger partial charge in [0.15, 0.2) is 0 Å². The lowest BCUT2D eigenvalue weighted by molar-refractivity contribution is 0.352. The first-order valence-corrected chi connectivity index (χ1v) is 6.18. The van der Waals surface area contributed by atoms with Crippen molar-refractivity contribution < 1.29 is 4.74 Å². The van der Waals surface area contributed by atoms with Crippen LogP contribution in [0.2, 0.25) is 0 Å². The van der Waals surface area contributed by atoms with Crippen LogP contribution in [0.15, 0.2) is 36.7 Å². The van der Waals surface area contributed by atoms with Crippen LogP contribution in [0, 0.1) is 6.92 Å². The highest BCUT2D eigenvalue weighted by Gasteiger charge is 2.21. The summed E-state index contributed by atoms with van der Waals surface area (Å²) >= 11 is 0. The molecule has 0 aliphatic carbocycles. The maximum Gasteiger partial charge on any atom is 0.127 e. The molecule has 2 heterocycles. The number of hydrogen-bond donors (Lipinski definition) is 1. The molecular formula is C15H16N2O. The smallest absolute Gasteiger partial charge is 0.127 e. The second-order valence-electron chi connectivity index (χ2n) is 4.64. The molecule has 3 rings (SSSR count). The Bertz CT molecular complexity index is 580. The van der Waals surface area contributed by atoms with Gasteiger partial charge in [0, 0.05) is 24.4 Å². The van der Waals surface area contributed by atoms with E-state index in [1.807, 2.05) is 19.2 Å². The summed E-state index contributed by atoms with van der Waals surface area (Å²) in [5.74, 6) is 0.973. The molecule has 2 N–H and O–H groups in total. The summed E-state index contributed by atoms with van der Waals surface area (Å²) in [5, 5.41) is 0. The average Bonchev–Trinajstić information content (AvgIpc) is 2.86. The van der Waals surface area contributed by atoms with Gasteiger partial charge >= 0.3 is 0 Å². The monoisotopic (exact) mass is 240 g/mol. The first kappa shape index (κ1) is 11.2. The fourth-order valence-electron chi connectivity index (χ4n) is 2.49. The minimum absolute atomic E-state index is 0.152. The van der Waals surface area contributed by atoms with E-state index in [4.69, 9.17) is 10.5 Å². The Hall–Kier alpha value is -1.87. The Labute approximate surface area is 107 Å². The Kier molecular flexibility index (Phi) is 2.76. The summed E-state index contributed by atoms with van der Waals surface area (Å²) in [6.07, 6.45) is 4.61. The lowest BCUT2D eigenvalue weighted by Crippen LogP contribution is -2.14. The molecule has 0 saturated carbocycles. The molecule has 0 amide bonds. The highest BCUT2D eigenvalue weighted by Crippen LogP contribution is 2.35. The molecule has 1 unspecified atom stereocenters. The van der Waals surface area contributed by atoms with E-state index < -0.39 is 0 Å². The zero-order chi connectivity index (χ0) is 12.5. The zero-order valence-corrected chi connectivity index (χ0v) is 10.4. The van der Waals surface area contributed by atoms with Crippen molar-refractivity contribution in [2.45, 2.75) is 19.4 Å². The normalized spacial score (nSPS) is 15.0. The molecule has 1 aliphatic heterocycles. The van der Waals surface area contributed by atoms with Gasteiger partial charge in [-0.1, -0.05) is 18.2 Å². The number of para-hydroxylation sites is 1. The van der Waals surface area contributed by atoms with Gasteiger partial charge in [-0.3, -0.25) is 4.98 Å². The number of ether oxygens (including phenoxy) is 1. The van der Waals surface area contributed by atoms with Crippen molar-refractivity contribution in [2.24, 2.45) is 5.73 Å². The van der Waals surface area contributed by atoms with Crippen LogP contribution in [0.4, 0.5) is 0 Å². The van der Waals surface area contributed by atoms with Gasteiger partial charge in [0.1, 0.15) is 5.75 Å². The molecule has 18 heavy (non-hydrogen) atoms. The molecule has 0 radical (unpaired) electrons. The molecule has 3 nitrogen and oxygen atoms in total. The van der Waals surface area contributed by atoms with E-state index >= 15 is 0 Å². The van der Waals surface area contributed by atoms with Crippen molar-refractivity contribution in [1.29, 1.82) is 0 Å². The summed E-state index contributed by atoms with van der Waals surface area (Å²) in [6.45, 7) is 2.79. The zero-order valence-electron chi connectivity index (χ0n) is 10.4. The lowest BCUT2D eigenvalue weighted by Gasteiger charge is -2.17. The van der Waals surface area contributed by atoms with Gasteiger partial charge < -0.3 is 10.5 Å². The molecule has 2 aromatic rings. The maximum absolute atomic E-state index is 6.38. The molecule has 3 heteroatoms. The predicted molar refractivity (Wildman–Crippen MR) is 70.6 cm³/mol. The third kappa shape index (κ3) is 1.77. The number of aryl methyl sites for hydroxylation is 1. The van der Waals surface area contributed by atoms with Crippen molar-refractivity contribution in [3.63, 3.8) is 0 Å². The van der Waals surface area contributed by atoms with Gasteiger partial charge in [-0.25, -0.2) is 0 Å². The molecule has 0 saturated heterocycles. The predicted octanol–water partition coefficient (Wildman–Crippen LogP) is 2.37. The topological polar surface area (TPSA) is 48.1 Å². The molecule has 1 atom stereocenters. The number of fused-ring (bicyclic) bond motifs is 1. The third-order valence-electron chi connectivity index (χ3n) is 3.48. The molecule has 1 aromatic carbocycles. The van der Waals surface area contributed by atoms with E-state index in [1.165, 1.54) is 5.56 Å². The number of nitrogens with two attached hydrogens (primary N) is 1. The van der Waals surface area contributed by atoms with E-state index in [0.717, 1.165) is 35.5 Å². The Morgan fingerprint density at radius 1 is 1.28 bits per heavy atom. The summed E-state index contributed by atoms with van der Waals surface area (Å²) in [4.78, 5) is 4.11. The number of nitrogens with zero attached hydrogens (tertiary/aromatic N) is 1. The summed E-state index contributed by atoms with van der Waals surface area (Å²) < 4.78 is 5.72. The van der Waals surface area contributed by atoms with Crippen molar-refractivity contribution in [3.8, 4) is 5.75 Å². The van der Waals surface area contributed by atoms with Gasteiger partial charge in [0.05, 0.1) is 12.6 Å². The summed E-state index contributed by atoms with van der Waals surface area (Å²) in [5.41, 5.74) is 10.9. The number of hydrogen-bond acceptors (Lipinski definition) is 3. The van der Waals surface area contributed by atoms with Crippen LogP contribution in [-0.2, 0) is 6.42 Å². The van der Waals surface area contributed by atoms with Crippen molar-refractivity contribution in [3.05, 3.63) is 58.9 Å². The molecule has 0 spiro atoms. The first-order valence-electron chi connectivity index (χ1n) is 6.18. The summed E-state index contributed by atoms with van der Waals surface area (Å²) in [7, 11) is 0. The second-order valence-corrected chi connectivity index (χ2v) is 4.64. The van der Waals surface area contributed by atoms with E-state index in [9.17, 15) is 0 Å². The van der Waals surface area contributed by atoms with Gasteiger partial charge in [-0.2, -0.15) is 0 Å². The second kappa shape index (κ2) is 4.42. The highest BCUT2D eigenvalue weighted by atomic mass is 16.5. The lowest BCUT2D eigenvalue weighted by atomic mass is 9.95. The Morgan fingerprint density at radius 2 is 2.17 bits per heavy atom. The molecule has 0 fully saturated rings. The SMILES string of the molecule is Cc1cnccc1C(N)c1cccc2c1OCC2. The van der Waals surface area contributed by atoms with E-state index in [-0.39, 0.29) is 6.04 Å². The van der Waals surface area contributed by atoms with Crippen molar-refractivity contribution in [1.82, 2.24) is 4.98 Å². The van der Waals surface area contributed by atoms with E-state index in [1.54, 1.807) is 6.20 Å². The van der Waals surface area contributed by atoms with Crippen LogP contribution in [0.1, 0.15) is 28.3 Å². The third-order valence-corrected chi connectivity index (χ3v) is 3.48. The highest BCUT2D eigenvalue weighted by molar-refractivity contribution is 5.49. The molecule has 0 bridgehead atoms. The van der Waals surface area contributed by atoms with Crippen LogP contribution >= 0.6 is 0 Å². The van der Waals surface area contributed by atoms with Gasteiger partial charge in [0.2, 0.25) is 0 Å². The molecule has 1 aliphatic rings. The largest absolute Gasteiger partial charge is 0.493 e. The Morgan fingerprint density at radius 3 is 3.00 bits per heavy atom. The van der Waals surface area contributed by atoms with Gasteiger partial charge in [-0.15, -0.1) is 0 Å². The van der Waals surface area contributed by atoms with Crippen LogP contribution in [0.5, 0.6) is 5.75 Å². The summed E-state index contributed by atoms with van der Waals surface area (Å²) in [6, 6.07) is 8.04. The van der Waals surface area contributed by atoms with Crippen LogP contribution in [0.25, 0.3) is 0 Å². The van der Waals surface area contributed by atoms with Crippen LogP contribution < -0.4 is 10.5 Å². The fraction of sp³-hybridized carbons (Fsp3) is 0.267. The van der Waals surface area contributed by atoms with Crippen molar-refractivity contribution >= 4 is 0 Å². The number of rotatable bonds is 2. The van der Waals surface area contributed by atoms with Gasteiger partial charge in [0.25, 0.3) is 0 Å². The molecule has 92 valence electrons. The maximum atomic E-state index is 6.38. The number of pyridine rings is 1. The minimum Gasteiger partial charge on any atom is -0.493 e. The van der Waals surface area contributed by atoms with Crippen LogP contribution in [-0.4, -0.2) is 11.6 Å². The minimum atomic E-state index is -0.152. The standard InChI is InChI=1S/C15H16N2O/c1-10-9-17-7-5-12(10)14(16)13-4-2-3-11-6-8-18-15(11)13/h2-5,7,9,14H,6,8,16H2,1H3. The molecule has 1 aromatic heterocycles.